The Labute approximate surface area is 74.4 Å². The standard InChI is InChI=1S/C8H8N2O3/c11-5-6-1-3-7(4-2-6)9-8(12)10-13/h1-4,11H,5H2,(H,9,12). The molecule has 5 nitrogen and oxygen atoms in total. The number of rotatable bonds is 2. The van der Waals surface area contributed by atoms with Crippen LogP contribution in [0.3, 0.4) is 0 Å². The van der Waals surface area contributed by atoms with Crippen molar-refractivity contribution in [1.82, 2.24) is 0 Å². The van der Waals surface area contributed by atoms with Gasteiger partial charge in [-0.25, -0.2) is 4.79 Å². The maximum Gasteiger partial charge on any atom is 0.383 e. The highest BCUT2D eigenvalue weighted by Crippen LogP contribution is 2.09. The summed E-state index contributed by atoms with van der Waals surface area (Å²) in [5, 5.41) is 13.1. The molecular weight excluding hydrogens is 172 g/mol. The minimum Gasteiger partial charge on any atom is -0.392 e. The van der Waals surface area contributed by atoms with Gasteiger partial charge >= 0.3 is 6.03 Å². The molecule has 5 heteroatoms. The quantitative estimate of drug-likeness (QED) is 0.676. The van der Waals surface area contributed by atoms with Crippen molar-refractivity contribution in [2.75, 3.05) is 5.32 Å². The maximum atomic E-state index is 10.5. The molecule has 1 aromatic rings. The van der Waals surface area contributed by atoms with Crippen LogP contribution in [0.15, 0.2) is 29.4 Å². The van der Waals surface area contributed by atoms with Crippen LogP contribution < -0.4 is 5.32 Å². The van der Waals surface area contributed by atoms with Crippen molar-refractivity contribution in [3.05, 3.63) is 34.7 Å². The Morgan fingerprint density at radius 2 is 2.00 bits per heavy atom. The van der Waals surface area contributed by atoms with Crippen LogP contribution in [0.2, 0.25) is 0 Å². The summed E-state index contributed by atoms with van der Waals surface area (Å²) in [6.07, 6.45) is 0. The highest BCUT2D eigenvalue weighted by atomic mass is 16.3. The summed E-state index contributed by atoms with van der Waals surface area (Å²) < 4.78 is 0. The van der Waals surface area contributed by atoms with Gasteiger partial charge in [0.15, 0.2) is 0 Å². The normalized spacial score (nSPS) is 9.31. The summed E-state index contributed by atoms with van der Waals surface area (Å²) in [6.45, 7) is -0.0554. The number of carbonyl (C=O) groups is 1. The van der Waals surface area contributed by atoms with Gasteiger partial charge in [-0.1, -0.05) is 12.1 Å². The molecule has 0 aromatic heterocycles. The van der Waals surface area contributed by atoms with E-state index in [1.54, 1.807) is 24.3 Å². The summed E-state index contributed by atoms with van der Waals surface area (Å²) in [5.41, 5.74) is 1.21. The molecule has 0 unspecified atom stereocenters. The number of amides is 2. The molecule has 0 spiro atoms. The van der Waals surface area contributed by atoms with Gasteiger partial charge in [0.05, 0.1) is 6.61 Å². The Kier molecular flexibility index (Phi) is 3.10. The van der Waals surface area contributed by atoms with E-state index in [4.69, 9.17) is 5.11 Å². The first-order valence-electron chi connectivity index (χ1n) is 3.60. The number of aliphatic hydroxyl groups excluding tert-OH is 1. The molecule has 1 rings (SSSR count). The largest absolute Gasteiger partial charge is 0.392 e. The third-order valence-electron chi connectivity index (χ3n) is 1.47. The van der Waals surface area contributed by atoms with Gasteiger partial charge in [-0.3, -0.25) is 0 Å². The zero-order valence-corrected chi connectivity index (χ0v) is 6.73. The third kappa shape index (κ3) is 2.64. The van der Waals surface area contributed by atoms with Gasteiger partial charge in [0.25, 0.3) is 0 Å². The fourth-order valence-electron chi connectivity index (χ4n) is 0.840. The molecule has 1 aromatic carbocycles. The molecule has 0 heterocycles. The van der Waals surface area contributed by atoms with Gasteiger partial charge in [-0.15, -0.1) is 4.91 Å². The van der Waals surface area contributed by atoms with Crippen molar-refractivity contribution in [2.24, 2.45) is 5.18 Å². The van der Waals surface area contributed by atoms with Gasteiger partial charge in [-0.2, -0.15) is 0 Å². The predicted molar refractivity (Wildman–Crippen MR) is 47.2 cm³/mol. The van der Waals surface area contributed by atoms with Crippen LogP contribution in [0.1, 0.15) is 5.56 Å². The molecule has 0 fully saturated rings. The van der Waals surface area contributed by atoms with Crippen LogP contribution in [-0.2, 0) is 6.61 Å². The average molecular weight is 180 g/mol. The first-order chi connectivity index (χ1) is 6.26. The van der Waals surface area contributed by atoms with E-state index < -0.39 is 6.03 Å². The molecule has 68 valence electrons. The first-order valence-corrected chi connectivity index (χ1v) is 3.60. The second-order valence-corrected chi connectivity index (χ2v) is 2.38. The summed E-state index contributed by atoms with van der Waals surface area (Å²) in [7, 11) is 0. The highest BCUT2D eigenvalue weighted by molar-refractivity contribution is 5.89. The second-order valence-electron chi connectivity index (χ2n) is 2.38. The van der Waals surface area contributed by atoms with Crippen molar-refractivity contribution in [1.29, 1.82) is 0 Å². The molecule has 0 aliphatic carbocycles. The lowest BCUT2D eigenvalue weighted by atomic mass is 10.2. The molecule has 0 bridgehead atoms. The van der Waals surface area contributed by atoms with E-state index in [0.717, 1.165) is 5.56 Å². The monoisotopic (exact) mass is 180 g/mol. The lowest BCUT2D eigenvalue weighted by molar-refractivity contribution is 0.259. The average Bonchev–Trinajstić information content (AvgIpc) is 2.19. The fourth-order valence-corrected chi connectivity index (χ4v) is 0.840. The molecule has 0 saturated heterocycles. The summed E-state index contributed by atoms with van der Waals surface area (Å²) >= 11 is 0. The van der Waals surface area contributed by atoms with Crippen molar-refractivity contribution < 1.29 is 9.90 Å². The number of benzene rings is 1. The van der Waals surface area contributed by atoms with Crippen LogP contribution >= 0.6 is 0 Å². The Balaban J connectivity index is 2.69. The van der Waals surface area contributed by atoms with Gasteiger partial charge < -0.3 is 10.4 Å². The fraction of sp³-hybridized carbons (Fsp3) is 0.125. The van der Waals surface area contributed by atoms with E-state index >= 15 is 0 Å². The topological polar surface area (TPSA) is 78.8 Å². The number of carbonyl (C=O) groups excluding carboxylic acids is 1. The number of hydrogen-bond acceptors (Lipinski definition) is 3. The zero-order chi connectivity index (χ0) is 9.68. The van der Waals surface area contributed by atoms with E-state index in [-0.39, 0.29) is 6.61 Å². The van der Waals surface area contributed by atoms with E-state index in [0.29, 0.717) is 5.69 Å². The van der Waals surface area contributed by atoms with Crippen LogP contribution in [0.25, 0.3) is 0 Å². The van der Waals surface area contributed by atoms with Crippen molar-refractivity contribution in [2.45, 2.75) is 6.61 Å². The highest BCUT2D eigenvalue weighted by Gasteiger charge is 1.99. The molecule has 0 saturated carbocycles. The van der Waals surface area contributed by atoms with Crippen molar-refractivity contribution in [3.63, 3.8) is 0 Å². The van der Waals surface area contributed by atoms with Crippen LogP contribution in [0.5, 0.6) is 0 Å². The van der Waals surface area contributed by atoms with Gasteiger partial charge in [0, 0.05) is 10.9 Å². The molecule has 2 N–H and O–H groups in total. The minimum absolute atomic E-state index is 0.0554. The minimum atomic E-state index is -0.934. The lowest BCUT2D eigenvalue weighted by Gasteiger charge is -2.00. The zero-order valence-electron chi connectivity index (χ0n) is 6.73. The SMILES string of the molecule is O=NC(=O)Nc1ccc(CO)cc1. The first kappa shape index (κ1) is 9.34. The summed E-state index contributed by atoms with van der Waals surface area (Å²) in [5.74, 6) is 0. The predicted octanol–water partition coefficient (Wildman–Crippen LogP) is 1.48. The molecule has 0 aliphatic heterocycles. The van der Waals surface area contributed by atoms with Gasteiger partial charge in [-0.05, 0) is 17.7 Å². The lowest BCUT2D eigenvalue weighted by Crippen LogP contribution is -2.04. The van der Waals surface area contributed by atoms with Gasteiger partial charge in [0.2, 0.25) is 0 Å². The summed E-state index contributed by atoms with van der Waals surface area (Å²) in [6, 6.07) is 5.50. The molecule has 0 radical (unpaired) electrons. The molecule has 2 amide bonds. The van der Waals surface area contributed by atoms with E-state index in [1.807, 2.05) is 0 Å². The number of anilines is 1. The van der Waals surface area contributed by atoms with Crippen molar-refractivity contribution in [3.8, 4) is 0 Å². The molecular formula is C8H8N2O3. The number of aliphatic hydroxyl groups is 1. The van der Waals surface area contributed by atoms with Crippen LogP contribution in [0.4, 0.5) is 10.5 Å². The third-order valence-corrected chi connectivity index (χ3v) is 1.47. The van der Waals surface area contributed by atoms with E-state index in [9.17, 15) is 9.70 Å². The Bertz CT molecular complexity index is 308. The molecule has 13 heavy (non-hydrogen) atoms. The second kappa shape index (κ2) is 4.32. The number of nitrogens with zero attached hydrogens (tertiary/aromatic N) is 1. The molecule has 0 aliphatic rings. The maximum absolute atomic E-state index is 10.5. The van der Waals surface area contributed by atoms with E-state index in [1.165, 1.54) is 0 Å². The van der Waals surface area contributed by atoms with Crippen molar-refractivity contribution >= 4 is 11.7 Å². The number of nitroso groups, excluding NO2 is 1. The van der Waals surface area contributed by atoms with Crippen LogP contribution in [-0.4, -0.2) is 11.1 Å². The molecule has 0 atom stereocenters. The Hall–Kier alpha value is -1.75. The Morgan fingerprint density at radius 3 is 2.46 bits per heavy atom. The number of hydrogen-bond donors (Lipinski definition) is 2. The van der Waals surface area contributed by atoms with Gasteiger partial charge in [0.1, 0.15) is 0 Å². The smallest absolute Gasteiger partial charge is 0.383 e. The number of urea groups is 1. The van der Waals surface area contributed by atoms with Crippen LogP contribution in [0, 0.1) is 4.91 Å². The number of nitrogens with one attached hydrogen (secondary N) is 1. The summed E-state index contributed by atoms with van der Waals surface area (Å²) in [4.78, 5) is 20.2. The van der Waals surface area contributed by atoms with E-state index in [2.05, 4.69) is 10.5 Å². The Morgan fingerprint density at radius 1 is 1.38 bits per heavy atom.